The van der Waals surface area contributed by atoms with Crippen LogP contribution in [-0.4, -0.2) is 30.6 Å². The summed E-state index contributed by atoms with van der Waals surface area (Å²) in [4.78, 5) is 2.55. The lowest BCUT2D eigenvalue weighted by atomic mass is 9.76. The number of hydrogen-bond donors (Lipinski definition) is 1. The molecule has 0 saturated heterocycles. The van der Waals surface area contributed by atoms with Crippen LogP contribution in [0.3, 0.4) is 0 Å². The highest BCUT2D eigenvalue weighted by Gasteiger charge is 2.36. The van der Waals surface area contributed by atoms with Crippen LogP contribution in [0.5, 0.6) is 0 Å². The summed E-state index contributed by atoms with van der Waals surface area (Å²) in [5.74, 6) is 1.68. The van der Waals surface area contributed by atoms with Crippen molar-refractivity contribution in [1.29, 1.82) is 0 Å². The number of hydrogen-bond acceptors (Lipinski definition) is 2. The molecule has 1 fully saturated rings. The van der Waals surface area contributed by atoms with Crippen LogP contribution in [0.1, 0.15) is 52.9 Å². The van der Waals surface area contributed by atoms with Crippen LogP contribution in [0, 0.1) is 11.8 Å². The fourth-order valence-corrected chi connectivity index (χ4v) is 2.83. The molecule has 1 rings (SSSR count). The molecule has 0 amide bonds. The molecule has 16 heavy (non-hydrogen) atoms. The van der Waals surface area contributed by atoms with Crippen LogP contribution in [0.15, 0.2) is 0 Å². The number of rotatable bonds is 5. The van der Waals surface area contributed by atoms with E-state index in [1.807, 2.05) is 0 Å². The second-order valence-electron chi connectivity index (χ2n) is 6.00. The zero-order valence-corrected chi connectivity index (χ0v) is 11.6. The Labute approximate surface area is 102 Å². The van der Waals surface area contributed by atoms with Gasteiger partial charge in [0.1, 0.15) is 0 Å². The molecule has 2 N–H and O–H groups in total. The predicted octanol–water partition coefficient (Wildman–Crippen LogP) is 2.87. The van der Waals surface area contributed by atoms with Crippen molar-refractivity contribution in [2.45, 2.75) is 58.4 Å². The van der Waals surface area contributed by atoms with Crippen LogP contribution >= 0.6 is 0 Å². The molecular weight excluding hydrogens is 196 g/mol. The minimum atomic E-state index is 0.302. The Balaban J connectivity index is 2.57. The Morgan fingerprint density at radius 1 is 1.38 bits per heavy atom. The minimum absolute atomic E-state index is 0.302. The third-order valence-electron chi connectivity index (χ3n) is 4.68. The summed E-state index contributed by atoms with van der Waals surface area (Å²) >= 11 is 0. The fourth-order valence-electron chi connectivity index (χ4n) is 2.83. The second kappa shape index (κ2) is 6.02. The van der Waals surface area contributed by atoms with Crippen molar-refractivity contribution in [2.24, 2.45) is 17.6 Å². The quantitative estimate of drug-likeness (QED) is 0.781. The molecule has 0 radical (unpaired) electrons. The van der Waals surface area contributed by atoms with E-state index < -0.39 is 0 Å². The highest BCUT2D eigenvalue weighted by molar-refractivity contribution is 4.94. The number of likely N-dealkylation sites (N-methyl/N-ethyl adjacent to an activating group) is 1. The zero-order chi connectivity index (χ0) is 12.2. The van der Waals surface area contributed by atoms with E-state index in [-0.39, 0.29) is 0 Å². The first-order valence-corrected chi connectivity index (χ1v) is 6.95. The van der Waals surface area contributed by atoms with Gasteiger partial charge in [0.2, 0.25) is 0 Å². The second-order valence-corrected chi connectivity index (χ2v) is 6.00. The van der Waals surface area contributed by atoms with E-state index in [0.717, 1.165) is 18.4 Å². The third kappa shape index (κ3) is 3.21. The normalized spacial score (nSPS) is 33.0. The summed E-state index contributed by atoms with van der Waals surface area (Å²) in [5, 5.41) is 0. The molecule has 1 aliphatic carbocycles. The molecule has 0 aromatic carbocycles. The van der Waals surface area contributed by atoms with Crippen molar-refractivity contribution in [3.63, 3.8) is 0 Å². The molecule has 1 aliphatic rings. The van der Waals surface area contributed by atoms with Gasteiger partial charge in [-0.15, -0.1) is 0 Å². The molecular formula is C14H30N2. The van der Waals surface area contributed by atoms with Crippen molar-refractivity contribution < 1.29 is 0 Å². The SMILES string of the molecule is CCC(C)CN(C)C1(CN)CCC(C)CC1. The van der Waals surface area contributed by atoms with Gasteiger partial charge in [-0.05, 0) is 44.6 Å². The topological polar surface area (TPSA) is 29.3 Å². The highest BCUT2D eigenvalue weighted by Crippen LogP contribution is 2.35. The molecule has 0 heterocycles. The molecule has 0 aliphatic heterocycles. The molecule has 1 atom stereocenters. The maximum atomic E-state index is 6.06. The Kier molecular flexibility index (Phi) is 5.26. The molecule has 96 valence electrons. The molecule has 0 bridgehead atoms. The highest BCUT2D eigenvalue weighted by atomic mass is 15.2. The van der Waals surface area contributed by atoms with Gasteiger partial charge in [0.15, 0.2) is 0 Å². The minimum Gasteiger partial charge on any atom is -0.329 e. The Morgan fingerprint density at radius 3 is 2.38 bits per heavy atom. The summed E-state index contributed by atoms with van der Waals surface area (Å²) in [6.07, 6.45) is 6.54. The van der Waals surface area contributed by atoms with Crippen LogP contribution in [0.2, 0.25) is 0 Å². The van der Waals surface area contributed by atoms with Crippen LogP contribution in [-0.2, 0) is 0 Å². The first-order valence-electron chi connectivity index (χ1n) is 6.95. The lowest BCUT2D eigenvalue weighted by Gasteiger charge is -2.46. The van der Waals surface area contributed by atoms with Gasteiger partial charge in [0.25, 0.3) is 0 Å². The molecule has 0 aromatic heterocycles. The van der Waals surface area contributed by atoms with Gasteiger partial charge in [0, 0.05) is 18.6 Å². The average Bonchev–Trinajstić information content (AvgIpc) is 2.30. The smallest absolute Gasteiger partial charge is 0.0329 e. The van der Waals surface area contributed by atoms with E-state index in [1.54, 1.807) is 0 Å². The van der Waals surface area contributed by atoms with Crippen LogP contribution < -0.4 is 5.73 Å². The van der Waals surface area contributed by atoms with E-state index in [9.17, 15) is 0 Å². The van der Waals surface area contributed by atoms with Crippen molar-refractivity contribution in [2.75, 3.05) is 20.1 Å². The van der Waals surface area contributed by atoms with Crippen LogP contribution in [0.4, 0.5) is 0 Å². The van der Waals surface area contributed by atoms with Crippen molar-refractivity contribution >= 4 is 0 Å². The summed E-state index contributed by atoms with van der Waals surface area (Å²) in [7, 11) is 2.27. The fraction of sp³-hybridized carbons (Fsp3) is 1.00. The molecule has 2 heteroatoms. The summed E-state index contributed by atoms with van der Waals surface area (Å²) in [6.45, 7) is 9.01. The molecule has 2 nitrogen and oxygen atoms in total. The van der Waals surface area contributed by atoms with Crippen molar-refractivity contribution in [3.8, 4) is 0 Å². The Hall–Kier alpha value is -0.0800. The first-order chi connectivity index (χ1) is 7.54. The Bertz CT molecular complexity index is 195. The standard InChI is InChI=1S/C14H30N2/c1-5-12(2)10-16(4)14(11-15)8-6-13(3)7-9-14/h12-13H,5-11,15H2,1-4H3. The maximum Gasteiger partial charge on any atom is 0.0329 e. The molecule has 0 aromatic rings. The van der Waals surface area contributed by atoms with E-state index in [4.69, 9.17) is 5.73 Å². The predicted molar refractivity (Wildman–Crippen MR) is 71.5 cm³/mol. The van der Waals surface area contributed by atoms with Gasteiger partial charge in [-0.1, -0.05) is 27.2 Å². The molecule has 1 saturated carbocycles. The van der Waals surface area contributed by atoms with Crippen molar-refractivity contribution in [1.82, 2.24) is 4.90 Å². The van der Waals surface area contributed by atoms with Gasteiger partial charge >= 0.3 is 0 Å². The monoisotopic (exact) mass is 226 g/mol. The van der Waals surface area contributed by atoms with Crippen LogP contribution in [0.25, 0.3) is 0 Å². The van der Waals surface area contributed by atoms with Crippen molar-refractivity contribution in [3.05, 3.63) is 0 Å². The van der Waals surface area contributed by atoms with Gasteiger partial charge in [-0.3, -0.25) is 4.90 Å². The number of nitrogens with two attached hydrogens (primary N) is 1. The summed E-state index contributed by atoms with van der Waals surface area (Å²) < 4.78 is 0. The van der Waals surface area contributed by atoms with E-state index in [0.29, 0.717) is 5.54 Å². The van der Waals surface area contributed by atoms with E-state index >= 15 is 0 Å². The zero-order valence-electron chi connectivity index (χ0n) is 11.6. The van der Waals surface area contributed by atoms with E-state index in [1.165, 1.54) is 38.6 Å². The van der Waals surface area contributed by atoms with Gasteiger partial charge in [-0.25, -0.2) is 0 Å². The van der Waals surface area contributed by atoms with Gasteiger partial charge in [0.05, 0.1) is 0 Å². The largest absolute Gasteiger partial charge is 0.329 e. The molecule has 1 unspecified atom stereocenters. The molecule has 0 spiro atoms. The van der Waals surface area contributed by atoms with E-state index in [2.05, 4.69) is 32.7 Å². The average molecular weight is 226 g/mol. The lowest BCUT2D eigenvalue weighted by molar-refractivity contribution is 0.0562. The van der Waals surface area contributed by atoms with Gasteiger partial charge < -0.3 is 5.73 Å². The lowest BCUT2D eigenvalue weighted by Crippen LogP contribution is -2.55. The Morgan fingerprint density at radius 2 is 1.94 bits per heavy atom. The summed E-state index contributed by atoms with van der Waals surface area (Å²) in [6, 6.07) is 0. The summed E-state index contributed by atoms with van der Waals surface area (Å²) in [5.41, 5.74) is 6.36. The number of nitrogens with zero attached hydrogens (tertiary/aromatic N) is 1. The maximum absolute atomic E-state index is 6.06. The van der Waals surface area contributed by atoms with Gasteiger partial charge in [-0.2, -0.15) is 0 Å². The third-order valence-corrected chi connectivity index (χ3v) is 4.68. The first kappa shape index (κ1) is 14.0.